The highest BCUT2D eigenvalue weighted by Crippen LogP contribution is 2.42. The molecule has 0 atom stereocenters. The van der Waals surface area contributed by atoms with Crippen LogP contribution in [0.1, 0.15) is 28.8 Å². The highest BCUT2D eigenvalue weighted by molar-refractivity contribution is 9.10. The predicted octanol–water partition coefficient (Wildman–Crippen LogP) is 5.40. The molecule has 2 aromatic heterocycles. The van der Waals surface area contributed by atoms with E-state index in [1.165, 1.54) is 24.3 Å². The number of fused-ring (bicyclic) bond motifs is 1. The number of imidazole rings is 1. The molecule has 10 nitrogen and oxygen atoms in total. The molecule has 2 aromatic carbocycles. The average molecular weight is 664 g/mol. The first-order chi connectivity index (χ1) is 18.7. The minimum absolute atomic E-state index is 0.0160. The summed E-state index contributed by atoms with van der Waals surface area (Å²) in [5, 5.41) is 11.6. The van der Waals surface area contributed by atoms with Gasteiger partial charge in [-0.05, 0) is 45.8 Å². The predicted molar refractivity (Wildman–Crippen MR) is 144 cm³/mol. The SMILES string of the molecule is CCc1nc(Cl)c(C(=O)NCC(=O)O)n1Cc1ccc2oc(-c3ccccc3NS(=O)(=O)C(F)(F)F)c(Br)c2c1. The third kappa shape index (κ3) is 5.81. The van der Waals surface area contributed by atoms with Gasteiger partial charge in [0, 0.05) is 23.9 Å². The highest BCUT2D eigenvalue weighted by atomic mass is 79.9. The minimum atomic E-state index is -5.68. The number of carboxylic acids is 1. The molecule has 0 fully saturated rings. The lowest BCUT2D eigenvalue weighted by Crippen LogP contribution is -2.31. The number of aryl methyl sites for hydroxylation is 1. The normalized spacial score (nSPS) is 12.1. The first-order valence-corrected chi connectivity index (χ1v) is 14.0. The molecule has 0 spiro atoms. The van der Waals surface area contributed by atoms with Gasteiger partial charge < -0.3 is 19.4 Å². The monoisotopic (exact) mass is 662 g/mol. The Balaban J connectivity index is 1.73. The Kier molecular flexibility index (Phi) is 8.19. The van der Waals surface area contributed by atoms with E-state index in [1.807, 2.05) is 0 Å². The van der Waals surface area contributed by atoms with Gasteiger partial charge in [0.15, 0.2) is 10.9 Å². The number of carbonyl (C=O) groups excluding carboxylic acids is 1. The van der Waals surface area contributed by atoms with Gasteiger partial charge in [-0.25, -0.2) is 4.98 Å². The Morgan fingerprint density at radius 2 is 1.90 bits per heavy atom. The van der Waals surface area contributed by atoms with Gasteiger partial charge in [-0.15, -0.1) is 0 Å². The smallest absolute Gasteiger partial charge is 0.480 e. The first kappa shape index (κ1) is 29.4. The summed E-state index contributed by atoms with van der Waals surface area (Å²) in [5.74, 6) is -1.39. The van der Waals surface area contributed by atoms with Crippen molar-refractivity contribution in [3.8, 4) is 11.3 Å². The summed E-state index contributed by atoms with van der Waals surface area (Å²) in [6.45, 7) is 1.31. The Morgan fingerprint density at radius 3 is 2.55 bits per heavy atom. The zero-order valence-corrected chi connectivity index (χ0v) is 23.5. The lowest BCUT2D eigenvalue weighted by molar-refractivity contribution is -0.135. The molecule has 0 radical (unpaired) electrons. The molecule has 16 heteroatoms. The topological polar surface area (TPSA) is 144 Å². The molecule has 4 aromatic rings. The summed E-state index contributed by atoms with van der Waals surface area (Å²) < 4.78 is 71.8. The van der Waals surface area contributed by atoms with Gasteiger partial charge in [0.2, 0.25) is 0 Å². The Labute approximate surface area is 238 Å². The average Bonchev–Trinajstić information content (AvgIpc) is 3.37. The molecule has 2 heterocycles. The summed E-state index contributed by atoms with van der Waals surface area (Å²) in [6.07, 6.45) is 0.415. The van der Waals surface area contributed by atoms with Crippen molar-refractivity contribution in [3.05, 3.63) is 69.2 Å². The maximum absolute atomic E-state index is 13.0. The quantitative estimate of drug-likeness (QED) is 0.218. The van der Waals surface area contributed by atoms with Crippen LogP contribution >= 0.6 is 27.5 Å². The van der Waals surface area contributed by atoms with E-state index in [0.717, 1.165) is 0 Å². The number of nitrogens with one attached hydrogen (secondary N) is 2. The number of carboxylic acid groups (broad SMARTS) is 1. The van der Waals surface area contributed by atoms with Crippen LogP contribution in [0.4, 0.5) is 18.9 Å². The van der Waals surface area contributed by atoms with Gasteiger partial charge in [0.05, 0.1) is 10.2 Å². The summed E-state index contributed by atoms with van der Waals surface area (Å²) in [6, 6.07) is 10.5. The Bertz CT molecular complexity index is 1740. The standard InChI is InChI=1S/C24H19BrClF3N4O6S/c1-2-17-31-22(26)20(23(36)30-10-18(34)35)33(17)11-12-7-8-16-14(9-12)19(25)21(39-16)13-5-3-4-6-15(13)32-40(37,38)24(27,28)29/h3-9,32H,2,10-11H2,1H3,(H,30,36)(H,34,35). The number of halogens is 5. The van der Waals surface area contributed by atoms with Crippen molar-refractivity contribution in [1.29, 1.82) is 0 Å². The van der Waals surface area contributed by atoms with Crippen molar-refractivity contribution < 1.29 is 40.7 Å². The third-order valence-electron chi connectivity index (χ3n) is 5.69. The molecule has 0 unspecified atom stereocenters. The lowest BCUT2D eigenvalue weighted by Gasteiger charge is -2.13. The van der Waals surface area contributed by atoms with Crippen LogP contribution in [0.5, 0.6) is 0 Å². The van der Waals surface area contributed by atoms with Gasteiger partial charge in [-0.2, -0.15) is 21.6 Å². The second-order valence-corrected chi connectivity index (χ2v) is 11.2. The lowest BCUT2D eigenvalue weighted by atomic mass is 10.1. The molecule has 0 saturated carbocycles. The number of para-hydroxylation sites is 1. The fraction of sp³-hybridized carbons (Fsp3) is 0.208. The van der Waals surface area contributed by atoms with Crippen LogP contribution in [0.15, 0.2) is 51.4 Å². The van der Waals surface area contributed by atoms with Crippen LogP contribution in [-0.4, -0.2) is 47.0 Å². The summed E-state index contributed by atoms with van der Waals surface area (Å²) in [5.41, 5.74) is -4.81. The molecule has 0 bridgehead atoms. The van der Waals surface area contributed by atoms with E-state index < -0.39 is 34.0 Å². The van der Waals surface area contributed by atoms with Gasteiger partial charge in [-0.3, -0.25) is 14.3 Å². The molecule has 4 rings (SSSR count). The molecule has 0 aliphatic carbocycles. The molecule has 0 saturated heterocycles. The number of furan rings is 1. The maximum Gasteiger partial charge on any atom is 0.516 e. The van der Waals surface area contributed by atoms with Crippen molar-refractivity contribution in [3.63, 3.8) is 0 Å². The number of nitrogens with zero attached hydrogens (tertiary/aromatic N) is 2. The second-order valence-electron chi connectivity index (χ2n) is 8.36. The fourth-order valence-corrected chi connectivity index (χ4v) is 5.38. The zero-order chi connectivity index (χ0) is 29.4. The number of anilines is 1. The molecule has 40 heavy (non-hydrogen) atoms. The van der Waals surface area contributed by atoms with Gasteiger partial charge in [0.25, 0.3) is 5.91 Å². The molecule has 3 N–H and O–H groups in total. The third-order valence-corrected chi connectivity index (χ3v) is 7.84. The number of sulfonamides is 1. The number of rotatable bonds is 9. The molecule has 0 aliphatic heterocycles. The molecule has 212 valence electrons. The van der Waals surface area contributed by atoms with E-state index >= 15 is 0 Å². The van der Waals surface area contributed by atoms with E-state index in [9.17, 15) is 31.2 Å². The van der Waals surface area contributed by atoms with Crippen LogP contribution in [0.2, 0.25) is 5.15 Å². The number of hydrogen-bond acceptors (Lipinski definition) is 6. The van der Waals surface area contributed by atoms with Gasteiger partial charge in [0.1, 0.15) is 23.6 Å². The molecular weight excluding hydrogens is 645 g/mol. The van der Waals surface area contributed by atoms with E-state index in [0.29, 0.717) is 33.3 Å². The number of aliphatic carboxylic acids is 1. The van der Waals surface area contributed by atoms with E-state index in [4.69, 9.17) is 21.1 Å². The second kappa shape index (κ2) is 11.1. The van der Waals surface area contributed by atoms with Crippen molar-refractivity contribution >= 4 is 66.1 Å². The van der Waals surface area contributed by atoms with Crippen molar-refractivity contribution in [2.24, 2.45) is 0 Å². The molecular formula is C24H19BrClF3N4O6S. The van der Waals surface area contributed by atoms with Crippen LogP contribution in [0.3, 0.4) is 0 Å². The van der Waals surface area contributed by atoms with Crippen LogP contribution in [0, 0.1) is 0 Å². The van der Waals surface area contributed by atoms with Gasteiger partial charge >= 0.3 is 21.5 Å². The van der Waals surface area contributed by atoms with E-state index in [2.05, 4.69) is 26.2 Å². The van der Waals surface area contributed by atoms with Crippen LogP contribution < -0.4 is 10.0 Å². The largest absolute Gasteiger partial charge is 0.516 e. The number of amides is 1. The number of alkyl halides is 3. The highest BCUT2D eigenvalue weighted by Gasteiger charge is 2.46. The number of hydrogen-bond donors (Lipinski definition) is 3. The summed E-state index contributed by atoms with van der Waals surface area (Å²) >= 11 is 9.62. The number of carbonyl (C=O) groups is 2. The zero-order valence-electron chi connectivity index (χ0n) is 20.3. The van der Waals surface area contributed by atoms with E-state index in [-0.39, 0.29) is 34.4 Å². The first-order valence-electron chi connectivity index (χ1n) is 11.4. The number of aromatic nitrogens is 2. The van der Waals surface area contributed by atoms with Crippen molar-refractivity contribution in [2.75, 3.05) is 11.3 Å². The number of benzene rings is 2. The Morgan fingerprint density at radius 1 is 1.20 bits per heavy atom. The Hall–Kier alpha value is -3.56. The van der Waals surface area contributed by atoms with E-state index in [1.54, 1.807) is 34.4 Å². The fourth-order valence-electron chi connectivity index (χ4n) is 3.90. The minimum Gasteiger partial charge on any atom is -0.480 e. The summed E-state index contributed by atoms with van der Waals surface area (Å²) in [4.78, 5) is 27.8. The van der Waals surface area contributed by atoms with Crippen LogP contribution in [-0.2, 0) is 27.8 Å². The molecule has 1 amide bonds. The molecule has 0 aliphatic rings. The summed E-state index contributed by atoms with van der Waals surface area (Å²) in [7, 11) is -5.68. The van der Waals surface area contributed by atoms with Gasteiger partial charge in [-0.1, -0.05) is 36.7 Å². The van der Waals surface area contributed by atoms with Crippen LogP contribution in [0.25, 0.3) is 22.3 Å². The maximum atomic E-state index is 13.0. The van der Waals surface area contributed by atoms with Crippen molar-refractivity contribution in [1.82, 2.24) is 14.9 Å². The van der Waals surface area contributed by atoms with Crippen molar-refractivity contribution in [2.45, 2.75) is 25.4 Å².